The summed E-state index contributed by atoms with van der Waals surface area (Å²) in [6, 6.07) is 0.103. The van der Waals surface area contributed by atoms with Gasteiger partial charge in [0.25, 0.3) is 11.8 Å². The van der Waals surface area contributed by atoms with Gasteiger partial charge in [-0.2, -0.15) is 0 Å². The summed E-state index contributed by atoms with van der Waals surface area (Å²) in [5.41, 5.74) is 0.256. The van der Waals surface area contributed by atoms with Crippen LogP contribution in [0.1, 0.15) is 46.5 Å². The molecule has 1 saturated carbocycles. The zero-order chi connectivity index (χ0) is 12.6. The monoisotopic (exact) mass is 235 g/mol. The first kappa shape index (κ1) is 12.3. The molecule has 3 heteroatoms. The van der Waals surface area contributed by atoms with E-state index in [0.717, 1.165) is 19.3 Å². The Morgan fingerprint density at radius 2 is 1.88 bits per heavy atom. The molecule has 0 radical (unpaired) electrons. The van der Waals surface area contributed by atoms with Crippen molar-refractivity contribution in [3.8, 4) is 0 Å². The molecule has 1 heterocycles. The maximum Gasteiger partial charge on any atom is 0.253 e. The van der Waals surface area contributed by atoms with Gasteiger partial charge < -0.3 is 0 Å². The second-order valence-corrected chi connectivity index (χ2v) is 5.94. The molecule has 1 aliphatic heterocycles. The molecule has 17 heavy (non-hydrogen) atoms. The van der Waals surface area contributed by atoms with Crippen LogP contribution < -0.4 is 0 Å². The van der Waals surface area contributed by atoms with Gasteiger partial charge in [-0.3, -0.25) is 14.5 Å². The van der Waals surface area contributed by atoms with Crippen LogP contribution in [-0.2, 0) is 9.59 Å². The van der Waals surface area contributed by atoms with Crippen molar-refractivity contribution in [2.45, 2.75) is 52.5 Å². The number of rotatable bonds is 2. The lowest BCUT2D eigenvalue weighted by atomic mass is 9.66. The van der Waals surface area contributed by atoms with Crippen molar-refractivity contribution in [2.75, 3.05) is 0 Å². The SMILES string of the molecule is CC(C)C1(C)CCCC(N2C(=O)C=CC2=O)C1. The predicted molar refractivity (Wildman–Crippen MR) is 66.2 cm³/mol. The van der Waals surface area contributed by atoms with Crippen LogP contribution in [0.15, 0.2) is 12.2 Å². The fourth-order valence-corrected chi connectivity index (χ4v) is 3.00. The Kier molecular flexibility index (Phi) is 3.11. The highest BCUT2D eigenvalue weighted by Gasteiger charge is 2.40. The van der Waals surface area contributed by atoms with Gasteiger partial charge in [-0.1, -0.05) is 27.2 Å². The summed E-state index contributed by atoms with van der Waals surface area (Å²) in [6.45, 7) is 6.74. The molecule has 94 valence electrons. The molecule has 3 nitrogen and oxygen atoms in total. The molecule has 2 rings (SSSR count). The molecule has 0 aromatic carbocycles. The van der Waals surface area contributed by atoms with E-state index in [9.17, 15) is 9.59 Å². The van der Waals surface area contributed by atoms with E-state index in [1.807, 2.05) is 0 Å². The van der Waals surface area contributed by atoms with Crippen LogP contribution >= 0.6 is 0 Å². The Labute approximate surface area is 103 Å². The predicted octanol–water partition coefficient (Wildman–Crippen LogP) is 2.52. The second kappa shape index (κ2) is 4.28. The molecule has 0 aromatic rings. The van der Waals surface area contributed by atoms with Crippen LogP contribution in [0.4, 0.5) is 0 Å². The average Bonchev–Trinajstić information content (AvgIpc) is 2.58. The van der Waals surface area contributed by atoms with Gasteiger partial charge in [0.2, 0.25) is 0 Å². The van der Waals surface area contributed by atoms with Gasteiger partial charge in [-0.25, -0.2) is 0 Å². The lowest BCUT2D eigenvalue weighted by molar-refractivity contribution is -0.141. The summed E-state index contributed by atoms with van der Waals surface area (Å²) < 4.78 is 0. The third-order valence-corrected chi connectivity index (χ3v) is 4.59. The summed E-state index contributed by atoms with van der Waals surface area (Å²) in [5, 5.41) is 0. The summed E-state index contributed by atoms with van der Waals surface area (Å²) in [6.07, 6.45) is 7.00. The number of carbonyl (C=O) groups is 2. The lowest BCUT2D eigenvalue weighted by Gasteiger charge is -2.43. The molecule has 2 aliphatic rings. The normalized spacial score (nSPS) is 33.9. The van der Waals surface area contributed by atoms with E-state index in [4.69, 9.17) is 0 Å². The van der Waals surface area contributed by atoms with E-state index in [0.29, 0.717) is 5.92 Å². The molecule has 2 unspecified atom stereocenters. The zero-order valence-corrected chi connectivity index (χ0v) is 10.9. The van der Waals surface area contributed by atoms with Crippen LogP contribution in [0.5, 0.6) is 0 Å². The molecule has 0 saturated heterocycles. The Hall–Kier alpha value is -1.12. The van der Waals surface area contributed by atoms with E-state index in [1.54, 1.807) is 0 Å². The van der Waals surface area contributed by atoms with Gasteiger partial charge in [-0.15, -0.1) is 0 Å². The fraction of sp³-hybridized carbons (Fsp3) is 0.714. The summed E-state index contributed by atoms with van der Waals surface area (Å²) >= 11 is 0. The average molecular weight is 235 g/mol. The molecule has 1 fully saturated rings. The van der Waals surface area contributed by atoms with Crippen molar-refractivity contribution in [1.82, 2.24) is 4.90 Å². The largest absolute Gasteiger partial charge is 0.272 e. The van der Waals surface area contributed by atoms with Crippen LogP contribution in [0.3, 0.4) is 0 Å². The van der Waals surface area contributed by atoms with Crippen molar-refractivity contribution >= 4 is 11.8 Å². The number of hydrogen-bond acceptors (Lipinski definition) is 2. The van der Waals surface area contributed by atoms with Gasteiger partial charge in [0.05, 0.1) is 0 Å². The Bertz CT molecular complexity index is 354. The number of hydrogen-bond donors (Lipinski definition) is 0. The van der Waals surface area contributed by atoms with Gasteiger partial charge >= 0.3 is 0 Å². The summed E-state index contributed by atoms with van der Waals surface area (Å²) in [7, 11) is 0. The zero-order valence-electron chi connectivity index (χ0n) is 10.9. The van der Waals surface area contributed by atoms with Gasteiger partial charge in [0, 0.05) is 18.2 Å². The highest BCUT2D eigenvalue weighted by Crippen LogP contribution is 2.43. The van der Waals surface area contributed by atoms with Crippen LogP contribution in [0.2, 0.25) is 0 Å². The highest BCUT2D eigenvalue weighted by atomic mass is 16.2. The molecule has 2 amide bonds. The minimum Gasteiger partial charge on any atom is -0.272 e. The molecular weight excluding hydrogens is 214 g/mol. The number of amides is 2. The van der Waals surface area contributed by atoms with Crippen LogP contribution in [0, 0.1) is 11.3 Å². The maximum absolute atomic E-state index is 11.7. The third-order valence-electron chi connectivity index (χ3n) is 4.59. The summed E-state index contributed by atoms with van der Waals surface area (Å²) in [4.78, 5) is 24.8. The van der Waals surface area contributed by atoms with E-state index >= 15 is 0 Å². The topological polar surface area (TPSA) is 37.4 Å². The Morgan fingerprint density at radius 3 is 2.41 bits per heavy atom. The lowest BCUT2D eigenvalue weighted by Crippen LogP contribution is -2.46. The standard InChI is InChI=1S/C14H21NO2/c1-10(2)14(3)8-4-5-11(9-14)15-12(16)6-7-13(15)17/h6-7,10-11H,4-5,8-9H2,1-3H3. The smallest absolute Gasteiger partial charge is 0.253 e. The minimum absolute atomic E-state index is 0.103. The molecule has 1 aliphatic carbocycles. The van der Waals surface area contributed by atoms with E-state index in [-0.39, 0.29) is 23.3 Å². The third kappa shape index (κ3) is 2.15. The first-order valence-corrected chi connectivity index (χ1v) is 6.49. The fourth-order valence-electron chi connectivity index (χ4n) is 3.00. The molecule has 2 atom stereocenters. The molecule has 0 spiro atoms. The first-order chi connectivity index (χ1) is 7.94. The van der Waals surface area contributed by atoms with Crippen molar-refractivity contribution in [2.24, 2.45) is 11.3 Å². The van der Waals surface area contributed by atoms with Crippen LogP contribution in [0.25, 0.3) is 0 Å². The Morgan fingerprint density at radius 1 is 1.29 bits per heavy atom. The Balaban J connectivity index is 2.13. The minimum atomic E-state index is -0.131. The van der Waals surface area contributed by atoms with Gasteiger partial charge in [0.1, 0.15) is 0 Å². The van der Waals surface area contributed by atoms with Crippen molar-refractivity contribution in [3.63, 3.8) is 0 Å². The van der Waals surface area contributed by atoms with E-state index in [2.05, 4.69) is 20.8 Å². The van der Waals surface area contributed by atoms with Gasteiger partial charge in [-0.05, 0) is 30.6 Å². The highest BCUT2D eigenvalue weighted by molar-refractivity contribution is 6.13. The first-order valence-electron chi connectivity index (χ1n) is 6.49. The second-order valence-electron chi connectivity index (χ2n) is 5.94. The number of nitrogens with zero attached hydrogens (tertiary/aromatic N) is 1. The van der Waals surface area contributed by atoms with Crippen LogP contribution in [-0.4, -0.2) is 22.8 Å². The molecular formula is C14H21NO2. The summed E-state index contributed by atoms with van der Waals surface area (Å²) in [5.74, 6) is 0.326. The number of carbonyl (C=O) groups excluding carboxylic acids is 2. The quantitative estimate of drug-likeness (QED) is 0.690. The molecule has 0 aromatic heterocycles. The van der Waals surface area contributed by atoms with Gasteiger partial charge in [0.15, 0.2) is 0 Å². The van der Waals surface area contributed by atoms with Crippen molar-refractivity contribution < 1.29 is 9.59 Å². The van der Waals surface area contributed by atoms with Crippen molar-refractivity contribution in [1.29, 1.82) is 0 Å². The van der Waals surface area contributed by atoms with Crippen molar-refractivity contribution in [3.05, 3.63) is 12.2 Å². The van der Waals surface area contributed by atoms with E-state index < -0.39 is 0 Å². The molecule has 0 N–H and O–H groups in total. The maximum atomic E-state index is 11.7. The van der Waals surface area contributed by atoms with E-state index in [1.165, 1.54) is 23.5 Å². The molecule has 0 bridgehead atoms. The number of imide groups is 1.